The normalized spacial score (nSPS) is 14.8. The summed E-state index contributed by atoms with van der Waals surface area (Å²) in [4.78, 5) is 31.3. The van der Waals surface area contributed by atoms with Crippen LogP contribution in [-0.4, -0.2) is 60.2 Å². The number of nitrogens with one attached hydrogen (secondary N) is 1. The highest BCUT2D eigenvalue weighted by molar-refractivity contribution is 5.90. The van der Waals surface area contributed by atoms with Gasteiger partial charge in [0, 0.05) is 37.4 Å². The lowest BCUT2D eigenvalue weighted by atomic mass is 10.1. The smallest absolute Gasteiger partial charge is 0.409 e. The minimum absolute atomic E-state index is 0.193. The second kappa shape index (κ2) is 7.69. The number of carbonyl (C=O) groups is 2. The fourth-order valence-corrected chi connectivity index (χ4v) is 2.74. The molecule has 0 saturated carbocycles. The number of rotatable bonds is 2. The third kappa shape index (κ3) is 4.09. The zero-order valence-corrected chi connectivity index (χ0v) is 14.0. The molecule has 1 aromatic heterocycles. The molecule has 1 fully saturated rings. The zero-order chi connectivity index (χ0) is 17.6. The van der Waals surface area contributed by atoms with Gasteiger partial charge in [0.25, 0.3) is 0 Å². The van der Waals surface area contributed by atoms with Gasteiger partial charge in [0.2, 0.25) is 0 Å². The topological polar surface area (TPSA) is 87.9 Å². The van der Waals surface area contributed by atoms with Gasteiger partial charge in [0.15, 0.2) is 12.2 Å². The van der Waals surface area contributed by atoms with Crippen LogP contribution in [0.4, 0.5) is 15.3 Å². The number of amides is 3. The molecule has 0 radical (unpaired) electrons. The monoisotopic (exact) mass is 344 g/mol. The second-order valence-electron chi connectivity index (χ2n) is 5.67. The van der Waals surface area contributed by atoms with Crippen LogP contribution >= 0.6 is 0 Å². The second-order valence-corrected chi connectivity index (χ2v) is 5.67. The molecule has 8 nitrogen and oxygen atoms in total. The molecular formula is C17H20N4O4. The average Bonchev–Trinajstić information content (AvgIpc) is 3.05. The predicted molar refractivity (Wildman–Crippen MR) is 91.1 cm³/mol. The van der Waals surface area contributed by atoms with E-state index in [1.165, 1.54) is 13.5 Å². The summed E-state index contributed by atoms with van der Waals surface area (Å²) in [6.07, 6.45) is 3.34. The lowest BCUT2D eigenvalue weighted by Crippen LogP contribution is -2.39. The number of hydrogen-bond acceptors (Lipinski definition) is 5. The highest BCUT2D eigenvalue weighted by Gasteiger charge is 2.22. The first-order valence-corrected chi connectivity index (χ1v) is 8.05. The summed E-state index contributed by atoms with van der Waals surface area (Å²) < 4.78 is 10.0. The van der Waals surface area contributed by atoms with E-state index >= 15 is 0 Å². The molecule has 0 unspecified atom stereocenters. The van der Waals surface area contributed by atoms with E-state index in [4.69, 9.17) is 9.15 Å². The first-order chi connectivity index (χ1) is 12.2. The maximum atomic E-state index is 12.5. The molecule has 132 valence electrons. The van der Waals surface area contributed by atoms with Gasteiger partial charge in [-0.05, 0) is 18.6 Å². The number of urea groups is 1. The van der Waals surface area contributed by atoms with E-state index in [1.807, 2.05) is 24.3 Å². The molecule has 1 aromatic carbocycles. The largest absolute Gasteiger partial charge is 0.453 e. The lowest BCUT2D eigenvalue weighted by Gasteiger charge is -2.21. The summed E-state index contributed by atoms with van der Waals surface area (Å²) in [6, 6.07) is 7.18. The first-order valence-electron chi connectivity index (χ1n) is 8.05. The van der Waals surface area contributed by atoms with Crippen LogP contribution in [0.5, 0.6) is 0 Å². The van der Waals surface area contributed by atoms with Crippen LogP contribution in [0.3, 0.4) is 0 Å². The number of ether oxygens (including phenoxy) is 1. The number of aromatic nitrogens is 1. The van der Waals surface area contributed by atoms with Gasteiger partial charge in [-0.15, -0.1) is 0 Å². The van der Waals surface area contributed by atoms with E-state index in [0.29, 0.717) is 44.0 Å². The van der Waals surface area contributed by atoms with Crippen molar-refractivity contribution < 1.29 is 18.7 Å². The van der Waals surface area contributed by atoms with Gasteiger partial charge in [-0.2, -0.15) is 0 Å². The summed E-state index contributed by atoms with van der Waals surface area (Å²) >= 11 is 0. The Balaban J connectivity index is 1.62. The summed E-state index contributed by atoms with van der Waals surface area (Å²) in [5, 5.41) is 2.89. The highest BCUT2D eigenvalue weighted by Crippen LogP contribution is 2.22. The zero-order valence-electron chi connectivity index (χ0n) is 14.0. The van der Waals surface area contributed by atoms with E-state index in [9.17, 15) is 9.59 Å². The molecule has 1 aliphatic rings. The molecule has 2 aromatic rings. The molecule has 1 N–H and O–H groups in total. The van der Waals surface area contributed by atoms with Gasteiger partial charge >= 0.3 is 12.1 Å². The van der Waals surface area contributed by atoms with Crippen LogP contribution in [0, 0.1) is 0 Å². The van der Waals surface area contributed by atoms with Gasteiger partial charge in [-0.3, -0.25) is 0 Å². The summed E-state index contributed by atoms with van der Waals surface area (Å²) in [5.74, 6) is 0.639. The van der Waals surface area contributed by atoms with Crippen LogP contribution in [0.15, 0.2) is 41.3 Å². The van der Waals surface area contributed by atoms with Gasteiger partial charge in [-0.25, -0.2) is 14.6 Å². The maximum Gasteiger partial charge on any atom is 0.409 e. The number of benzene rings is 1. The van der Waals surface area contributed by atoms with Crippen LogP contribution in [0.2, 0.25) is 0 Å². The van der Waals surface area contributed by atoms with Crippen molar-refractivity contribution in [2.75, 3.05) is 38.6 Å². The Labute approximate surface area is 145 Å². The van der Waals surface area contributed by atoms with Crippen molar-refractivity contribution in [3.05, 3.63) is 36.9 Å². The molecule has 1 saturated heterocycles. The SMILES string of the molecule is COC(=O)N1CCCN(C(=O)Nc2cccc(-c3cnco3)c2)CC1. The first kappa shape index (κ1) is 16.8. The third-order valence-corrected chi connectivity index (χ3v) is 4.05. The molecular weight excluding hydrogens is 324 g/mol. The molecule has 2 heterocycles. The van der Waals surface area contributed by atoms with E-state index in [1.54, 1.807) is 16.0 Å². The van der Waals surface area contributed by atoms with Crippen LogP contribution < -0.4 is 5.32 Å². The van der Waals surface area contributed by atoms with Gasteiger partial charge < -0.3 is 24.3 Å². The van der Waals surface area contributed by atoms with E-state index in [2.05, 4.69) is 10.3 Å². The maximum absolute atomic E-state index is 12.5. The Bertz CT molecular complexity index is 732. The minimum Gasteiger partial charge on any atom is -0.453 e. The van der Waals surface area contributed by atoms with Crippen molar-refractivity contribution in [1.82, 2.24) is 14.8 Å². The number of carbonyl (C=O) groups excluding carboxylic acids is 2. The molecule has 0 atom stereocenters. The Hall–Kier alpha value is -3.03. The Morgan fingerprint density at radius 2 is 2.00 bits per heavy atom. The Morgan fingerprint density at radius 1 is 1.20 bits per heavy atom. The van der Waals surface area contributed by atoms with Crippen molar-refractivity contribution in [3.8, 4) is 11.3 Å². The molecule has 0 aliphatic carbocycles. The standard InChI is InChI=1S/C17H20N4O4/c1-24-17(23)21-7-3-6-20(8-9-21)16(22)19-14-5-2-4-13(10-14)15-11-18-12-25-15/h2,4-5,10-12H,3,6-9H2,1H3,(H,19,22). The quantitative estimate of drug-likeness (QED) is 0.905. The molecule has 3 amide bonds. The van der Waals surface area contributed by atoms with Gasteiger partial charge in [0.05, 0.1) is 13.3 Å². The molecule has 0 bridgehead atoms. The molecule has 25 heavy (non-hydrogen) atoms. The van der Waals surface area contributed by atoms with Crippen molar-refractivity contribution in [2.45, 2.75) is 6.42 Å². The van der Waals surface area contributed by atoms with Crippen LogP contribution in [0.1, 0.15) is 6.42 Å². The number of hydrogen-bond donors (Lipinski definition) is 1. The lowest BCUT2D eigenvalue weighted by molar-refractivity contribution is 0.125. The van der Waals surface area contributed by atoms with Crippen molar-refractivity contribution in [2.24, 2.45) is 0 Å². The molecule has 1 aliphatic heterocycles. The fourth-order valence-electron chi connectivity index (χ4n) is 2.74. The third-order valence-electron chi connectivity index (χ3n) is 4.05. The fraction of sp³-hybridized carbons (Fsp3) is 0.353. The van der Waals surface area contributed by atoms with Crippen LogP contribution in [-0.2, 0) is 4.74 Å². The average molecular weight is 344 g/mol. The summed E-state index contributed by atoms with van der Waals surface area (Å²) in [7, 11) is 1.36. The van der Waals surface area contributed by atoms with E-state index in [0.717, 1.165) is 5.56 Å². The highest BCUT2D eigenvalue weighted by atomic mass is 16.5. The van der Waals surface area contributed by atoms with Crippen LogP contribution in [0.25, 0.3) is 11.3 Å². The predicted octanol–water partition coefficient (Wildman–Crippen LogP) is 2.65. The number of methoxy groups -OCH3 is 1. The van der Waals surface area contributed by atoms with Gasteiger partial charge in [0.1, 0.15) is 0 Å². The van der Waals surface area contributed by atoms with Crippen molar-refractivity contribution in [1.29, 1.82) is 0 Å². The molecule has 3 rings (SSSR count). The number of nitrogens with zero attached hydrogens (tertiary/aromatic N) is 3. The molecule has 8 heteroatoms. The molecule has 0 spiro atoms. The summed E-state index contributed by atoms with van der Waals surface area (Å²) in [6.45, 7) is 2.08. The Morgan fingerprint density at radius 3 is 2.76 bits per heavy atom. The van der Waals surface area contributed by atoms with E-state index in [-0.39, 0.29) is 12.1 Å². The minimum atomic E-state index is -0.359. The van der Waals surface area contributed by atoms with E-state index < -0.39 is 0 Å². The number of oxazole rings is 1. The van der Waals surface area contributed by atoms with Gasteiger partial charge in [-0.1, -0.05) is 12.1 Å². The number of anilines is 1. The van der Waals surface area contributed by atoms with Crippen molar-refractivity contribution >= 4 is 17.8 Å². The van der Waals surface area contributed by atoms with Crippen molar-refractivity contribution in [3.63, 3.8) is 0 Å². The summed E-state index contributed by atoms with van der Waals surface area (Å²) in [5.41, 5.74) is 1.51. The Kier molecular flexibility index (Phi) is 5.17.